The minimum absolute atomic E-state index is 0.0750. The lowest BCUT2D eigenvalue weighted by Crippen LogP contribution is -2.18. The Morgan fingerprint density at radius 3 is 2.66 bits per heavy atom. The fourth-order valence-electron chi connectivity index (χ4n) is 4.10. The van der Waals surface area contributed by atoms with E-state index >= 15 is 0 Å². The summed E-state index contributed by atoms with van der Waals surface area (Å²) in [7, 11) is 1.62. The minimum atomic E-state index is -0.522. The number of nitrogen functional groups attached to an aromatic ring is 1. The molecule has 4 aromatic rings. The van der Waals surface area contributed by atoms with Crippen LogP contribution in [0.15, 0.2) is 48.5 Å². The van der Waals surface area contributed by atoms with E-state index in [0.29, 0.717) is 29.8 Å². The molecule has 0 aliphatic carbocycles. The van der Waals surface area contributed by atoms with Gasteiger partial charge in [0.2, 0.25) is 0 Å². The predicted octanol–water partition coefficient (Wildman–Crippen LogP) is 3.56. The first-order valence-electron chi connectivity index (χ1n) is 10.6. The predicted molar refractivity (Wildman–Crippen MR) is 121 cm³/mol. The molecular weight excluding hydrogens is 408 g/mol. The van der Waals surface area contributed by atoms with E-state index in [9.17, 15) is 4.79 Å². The van der Waals surface area contributed by atoms with Gasteiger partial charge >= 0.3 is 5.97 Å². The van der Waals surface area contributed by atoms with Gasteiger partial charge in [0.25, 0.3) is 0 Å². The largest absolute Gasteiger partial charge is 0.496 e. The van der Waals surface area contributed by atoms with Gasteiger partial charge in [0.1, 0.15) is 29.3 Å². The summed E-state index contributed by atoms with van der Waals surface area (Å²) in [5.41, 5.74) is 10.0. The second kappa shape index (κ2) is 8.47. The number of rotatable bonds is 6. The van der Waals surface area contributed by atoms with Gasteiger partial charge in [-0.2, -0.15) is 0 Å². The second-order valence-corrected chi connectivity index (χ2v) is 7.78. The third-order valence-corrected chi connectivity index (χ3v) is 5.74. The van der Waals surface area contributed by atoms with Crippen molar-refractivity contribution in [2.75, 3.05) is 26.1 Å². The number of carbonyl (C=O) groups excluding carboxylic acids is 1. The van der Waals surface area contributed by atoms with Crippen molar-refractivity contribution in [2.45, 2.75) is 25.5 Å². The highest BCUT2D eigenvalue weighted by atomic mass is 16.6. The number of nitrogens with two attached hydrogens (primary N) is 1. The highest BCUT2D eigenvalue weighted by molar-refractivity contribution is 6.08. The summed E-state index contributed by atoms with van der Waals surface area (Å²) < 4.78 is 18.4. The molecule has 0 spiro atoms. The van der Waals surface area contributed by atoms with Gasteiger partial charge in [-0.1, -0.05) is 30.3 Å². The van der Waals surface area contributed by atoms with Crippen molar-refractivity contribution in [3.63, 3.8) is 0 Å². The molecule has 0 unspecified atom stereocenters. The SMILES string of the molecule is COc1ccccc1Cn1c(N)c(C(=O)OC[C@@H]2CCCO2)c2nc3ccccc3nc21. The number of nitrogens with zero attached hydrogens (tertiary/aromatic N) is 3. The van der Waals surface area contributed by atoms with Gasteiger partial charge in [0.15, 0.2) is 5.65 Å². The molecule has 1 saturated heterocycles. The number of hydrogen-bond donors (Lipinski definition) is 1. The number of para-hydroxylation sites is 3. The van der Waals surface area contributed by atoms with Crippen LogP contribution in [0, 0.1) is 0 Å². The van der Waals surface area contributed by atoms with Crippen LogP contribution in [-0.4, -0.2) is 46.9 Å². The van der Waals surface area contributed by atoms with E-state index < -0.39 is 5.97 Å². The van der Waals surface area contributed by atoms with E-state index in [1.54, 1.807) is 11.7 Å². The van der Waals surface area contributed by atoms with E-state index in [2.05, 4.69) is 0 Å². The summed E-state index contributed by atoms with van der Waals surface area (Å²) in [6.07, 6.45) is 1.78. The van der Waals surface area contributed by atoms with Crippen molar-refractivity contribution in [2.24, 2.45) is 0 Å². The van der Waals surface area contributed by atoms with E-state index in [1.165, 1.54) is 0 Å². The third kappa shape index (κ3) is 3.62. The first-order valence-corrected chi connectivity index (χ1v) is 10.6. The highest BCUT2D eigenvalue weighted by Gasteiger charge is 2.27. The zero-order valence-electron chi connectivity index (χ0n) is 17.8. The Morgan fingerprint density at radius 1 is 1.16 bits per heavy atom. The van der Waals surface area contributed by atoms with Crippen molar-refractivity contribution < 1.29 is 19.0 Å². The Bertz CT molecular complexity index is 1290. The van der Waals surface area contributed by atoms with Gasteiger partial charge < -0.3 is 24.5 Å². The summed E-state index contributed by atoms with van der Waals surface area (Å²) in [5, 5.41) is 0. The topological polar surface area (TPSA) is 101 Å². The van der Waals surface area contributed by atoms with E-state index in [-0.39, 0.29) is 24.1 Å². The van der Waals surface area contributed by atoms with Crippen LogP contribution in [0.4, 0.5) is 5.82 Å². The number of ether oxygens (including phenoxy) is 3. The Morgan fingerprint density at radius 2 is 1.91 bits per heavy atom. The second-order valence-electron chi connectivity index (χ2n) is 7.78. The van der Waals surface area contributed by atoms with Crippen molar-refractivity contribution in [1.82, 2.24) is 14.5 Å². The maximum absolute atomic E-state index is 13.1. The molecule has 164 valence electrons. The number of methoxy groups -OCH3 is 1. The quantitative estimate of drug-likeness (QED) is 0.465. The molecule has 1 aliphatic rings. The van der Waals surface area contributed by atoms with Crippen molar-refractivity contribution in [3.05, 3.63) is 59.7 Å². The maximum atomic E-state index is 13.1. The number of aromatic nitrogens is 3. The lowest BCUT2D eigenvalue weighted by Gasteiger charge is -2.12. The summed E-state index contributed by atoms with van der Waals surface area (Å²) in [6, 6.07) is 15.2. The van der Waals surface area contributed by atoms with Crippen LogP contribution in [0.1, 0.15) is 28.8 Å². The van der Waals surface area contributed by atoms with Crippen LogP contribution in [-0.2, 0) is 16.0 Å². The molecule has 2 aromatic heterocycles. The first-order chi connectivity index (χ1) is 15.7. The van der Waals surface area contributed by atoms with Gasteiger partial charge in [-0.05, 0) is 31.0 Å². The number of esters is 1. The zero-order valence-corrected chi connectivity index (χ0v) is 17.8. The lowest BCUT2D eigenvalue weighted by molar-refractivity contribution is 0.0163. The average molecular weight is 432 g/mol. The lowest BCUT2D eigenvalue weighted by atomic mass is 10.2. The highest BCUT2D eigenvalue weighted by Crippen LogP contribution is 2.31. The number of carbonyl (C=O) groups is 1. The fraction of sp³-hybridized carbons (Fsp3) is 0.292. The average Bonchev–Trinajstić information content (AvgIpc) is 3.43. The maximum Gasteiger partial charge on any atom is 0.344 e. The monoisotopic (exact) mass is 432 g/mol. The smallest absolute Gasteiger partial charge is 0.344 e. The molecule has 0 amide bonds. The van der Waals surface area contributed by atoms with Gasteiger partial charge in [0.05, 0.1) is 30.8 Å². The molecule has 8 heteroatoms. The molecule has 0 bridgehead atoms. The normalized spacial score (nSPS) is 16.0. The van der Waals surface area contributed by atoms with Crippen LogP contribution >= 0.6 is 0 Å². The number of benzene rings is 2. The first kappa shape index (κ1) is 20.3. The number of anilines is 1. The van der Waals surface area contributed by atoms with Crippen LogP contribution in [0.3, 0.4) is 0 Å². The summed E-state index contributed by atoms with van der Waals surface area (Å²) in [6.45, 7) is 1.26. The molecule has 1 aliphatic heterocycles. The number of hydrogen-bond acceptors (Lipinski definition) is 7. The molecule has 5 rings (SSSR count). The van der Waals surface area contributed by atoms with E-state index in [0.717, 1.165) is 29.7 Å². The Balaban J connectivity index is 1.61. The minimum Gasteiger partial charge on any atom is -0.496 e. The molecule has 32 heavy (non-hydrogen) atoms. The Hall–Kier alpha value is -3.65. The molecule has 0 saturated carbocycles. The summed E-state index contributed by atoms with van der Waals surface area (Å²) in [4.78, 5) is 22.6. The zero-order chi connectivity index (χ0) is 22.1. The molecule has 1 atom stereocenters. The Labute approximate surface area is 184 Å². The van der Waals surface area contributed by atoms with Crippen LogP contribution < -0.4 is 10.5 Å². The molecule has 8 nitrogen and oxygen atoms in total. The van der Waals surface area contributed by atoms with E-state index in [4.69, 9.17) is 29.9 Å². The van der Waals surface area contributed by atoms with Crippen molar-refractivity contribution >= 4 is 34.0 Å². The van der Waals surface area contributed by atoms with Crippen LogP contribution in [0.5, 0.6) is 5.75 Å². The standard InChI is InChI=1S/C24H24N4O4/c1-30-19-11-5-2-7-15(19)13-28-22(25)20(24(29)32-14-16-8-6-12-31-16)21-23(28)27-18-10-4-3-9-17(18)26-21/h2-5,7,9-11,16H,6,8,12-14,25H2,1H3/t16-/m0/s1. The van der Waals surface area contributed by atoms with Crippen LogP contribution in [0.25, 0.3) is 22.2 Å². The molecule has 1 fully saturated rings. The van der Waals surface area contributed by atoms with Gasteiger partial charge in [-0.15, -0.1) is 0 Å². The van der Waals surface area contributed by atoms with Gasteiger partial charge in [0, 0.05) is 12.2 Å². The number of fused-ring (bicyclic) bond motifs is 2. The fourth-order valence-corrected chi connectivity index (χ4v) is 4.10. The molecule has 3 heterocycles. The van der Waals surface area contributed by atoms with Gasteiger partial charge in [-0.25, -0.2) is 14.8 Å². The van der Waals surface area contributed by atoms with Gasteiger partial charge in [-0.3, -0.25) is 0 Å². The third-order valence-electron chi connectivity index (χ3n) is 5.74. The molecule has 2 N–H and O–H groups in total. The van der Waals surface area contributed by atoms with Crippen molar-refractivity contribution in [3.8, 4) is 5.75 Å². The van der Waals surface area contributed by atoms with E-state index in [1.807, 2.05) is 48.5 Å². The molecular formula is C24H24N4O4. The molecule has 0 radical (unpaired) electrons. The summed E-state index contributed by atoms with van der Waals surface area (Å²) >= 11 is 0. The Kier molecular flexibility index (Phi) is 5.36. The summed E-state index contributed by atoms with van der Waals surface area (Å²) in [5.74, 6) is 0.468. The molecule has 2 aromatic carbocycles. The van der Waals surface area contributed by atoms with Crippen molar-refractivity contribution in [1.29, 1.82) is 0 Å². The van der Waals surface area contributed by atoms with Crippen LogP contribution in [0.2, 0.25) is 0 Å².